The molecule has 0 bridgehead atoms. The second kappa shape index (κ2) is 9.80. The number of carbonyl (C=O) groups is 2. The zero-order valence-electron chi connectivity index (χ0n) is 16.8. The Kier molecular flexibility index (Phi) is 9.43. The average Bonchev–Trinajstić information content (AvgIpc) is 2.38. The summed E-state index contributed by atoms with van der Waals surface area (Å²) in [5.74, 6) is -0.423. The fraction of sp³-hybridized carbons (Fsp3) is 0.875. The molecule has 0 aliphatic heterocycles. The number of aliphatic hydroxyl groups is 1. The van der Waals surface area contributed by atoms with Crippen LogP contribution < -0.4 is 5.32 Å². The van der Waals surface area contributed by atoms with Crippen molar-refractivity contribution in [2.24, 2.45) is 0 Å². The summed E-state index contributed by atoms with van der Waals surface area (Å²) in [5, 5.41) is 11.5. The van der Waals surface area contributed by atoms with Crippen LogP contribution in [0.1, 0.15) is 55.4 Å². The molecule has 0 rings (SSSR count). The number of nitrogens with one attached hydrogen (secondary N) is 1. The fourth-order valence-corrected chi connectivity index (χ4v) is 3.21. The number of amides is 1. The highest BCUT2D eigenvalue weighted by Gasteiger charge is 2.36. The Morgan fingerprint density at radius 1 is 1.12 bits per heavy atom. The van der Waals surface area contributed by atoms with Crippen molar-refractivity contribution in [3.8, 4) is 0 Å². The highest BCUT2D eigenvalue weighted by atomic mass is 31.2. The molecule has 1 unspecified atom stereocenters. The summed E-state index contributed by atoms with van der Waals surface area (Å²) in [7, 11) is -4.10. The van der Waals surface area contributed by atoms with Crippen LogP contribution in [0.15, 0.2) is 0 Å². The zero-order chi connectivity index (χ0) is 20.8. The van der Waals surface area contributed by atoms with Crippen LogP contribution in [0.5, 0.6) is 0 Å². The van der Waals surface area contributed by atoms with E-state index in [0.717, 1.165) is 0 Å². The van der Waals surface area contributed by atoms with Gasteiger partial charge in [-0.05, 0) is 55.4 Å². The van der Waals surface area contributed by atoms with Gasteiger partial charge in [0.15, 0.2) is 5.78 Å². The molecule has 0 fully saturated rings. The van der Waals surface area contributed by atoms with Gasteiger partial charge in [-0.2, -0.15) is 0 Å². The number of phosphoric ester groups is 1. The summed E-state index contributed by atoms with van der Waals surface area (Å²) in [4.78, 5) is 23.6. The van der Waals surface area contributed by atoms with Gasteiger partial charge >= 0.3 is 13.9 Å². The van der Waals surface area contributed by atoms with Crippen LogP contribution >= 0.6 is 7.82 Å². The van der Waals surface area contributed by atoms with Gasteiger partial charge in [0, 0.05) is 0 Å². The van der Waals surface area contributed by atoms with Gasteiger partial charge in [-0.15, -0.1) is 0 Å². The Bertz CT molecular complexity index is 523. The van der Waals surface area contributed by atoms with Gasteiger partial charge in [-0.1, -0.05) is 0 Å². The summed E-state index contributed by atoms with van der Waals surface area (Å²) in [6, 6.07) is -1.10. The molecule has 0 spiro atoms. The number of phosphoric acid groups is 1. The molecular formula is C16H32NO8P. The van der Waals surface area contributed by atoms with Crippen molar-refractivity contribution in [2.75, 3.05) is 13.2 Å². The third-order valence-corrected chi connectivity index (χ3v) is 4.39. The minimum atomic E-state index is -4.10. The molecule has 1 amide bonds. The molecule has 3 atom stereocenters. The Balaban J connectivity index is 5.09. The monoisotopic (exact) mass is 397 g/mol. The molecule has 0 radical (unpaired) electrons. The molecular weight excluding hydrogens is 365 g/mol. The Hall–Kier alpha value is -0.990. The van der Waals surface area contributed by atoms with Crippen molar-refractivity contribution < 1.29 is 37.6 Å². The normalized spacial score (nSPS) is 17.1. The third kappa shape index (κ3) is 11.6. The second-order valence-corrected chi connectivity index (χ2v) is 9.40. The van der Waals surface area contributed by atoms with Crippen LogP contribution in [0, 0.1) is 0 Å². The number of ether oxygens (including phenoxy) is 1. The quantitative estimate of drug-likeness (QED) is 0.570. The van der Waals surface area contributed by atoms with E-state index in [1.54, 1.807) is 41.5 Å². The first-order chi connectivity index (χ1) is 11.6. The molecule has 2 N–H and O–H groups in total. The van der Waals surface area contributed by atoms with Gasteiger partial charge in [-0.25, -0.2) is 9.36 Å². The van der Waals surface area contributed by atoms with E-state index >= 15 is 0 Å². The van der Waals surface area contributed by atoms with Gasteiger partial charge in [0.05, 0.1) is 24.9 Å². The van der Waals surface area contributed by atoms with E-state index in [2.05, 4.69) is 5.32 Å². The topological polar surface area (TPSA) is 120 Å². The van der Waals surface area contributed by atoms with Gasteiger partial charge < -0.3 is 15.2 Å². The maximum atomic E-state index is 12.8. The first-order valence-corrected chi connectivity index (χ1v) is 9.77. The lowest BCUT2D eigenvalue weighted by molar-refractivity contribution is -0.119. The van der Waals surface area contributed by atoms with E-state index in [-0.39, 0.29) is 0 Å². The van der Waals surface area contributed by atoms with Crippen LogP contribution in [0.3, 0.4) is 0 Å². The molecule has 0 aromatic heterocycles. The lowest BCUT2D eigenvalue weighted by atomic mass is 10.2. The summed E-state index contributed by atoms with van der Waals surface area (Å²) >= 11 is 0. The maximum Gasteiger partial charge on any atom is 0.475 e. The molecule has 0 aromatic rings. The largest absolute Gasteiger partial charge is 0.475 e. The molecule has 10 heteroatoms. The number of Topliss-reactive ketones (excluding diaryl/α,β-unsaturated/α-hetero) is 1. The third-order valence-electron chi connectivity index (χ3n) is 2.53. The van der Waals surface area contributed by atoms with E-state index < -0.39 is 56.3 Å². The van der Waals surface area contributed by atoms with E-state index in [4.69, 9.17) is 23.4 Å². The lowest BCUT2D eigenvalue weighted by Crippen LogP contribution is -2.45. The summed E-state index contributed by atoms with van der Waals surface area (Å²) in [6.45, 7) is 11.9. The first-order valence-electron chi connectivity index (χ1n) is 8.31. The highest BCUT2D eigenvalue weighted by Crippen LogP contribution is 2.53. The molecule has 0 saturated carbocycles. The van der Waals surface area contributed by atoms with E-state index in [9.17, 15) is 14.2 Å². The number of aliphatic hydroxyl groups excluding tert-OH is 1. The average molecular weight is 397 g/mol. The number of carbonyl (C=O) groups excluding carboxylic acids is 2. The first kappa shape index (κ1) is 25.0. The fourth-order valence-electron chi connectivity index (χ4n) is 1.54. The molecule has 0 aliphatic carbocycles. The number of rotatable bonds is 9. The van der Waals surface area contributed by atoms with Gasteiger partial charge in [-0.3, -0.25) is 18.4 Å². The number of ketones is 1. The zero-order valence-corrected chi connectivity index (χ0v) is 17.7. The van der Waals surface area contributed by atoms with Crippen LogP contribution in [-0.4, -0.2) is 53.5 Å². The molecule has 0 heterocycles. The SMILES string of the molecule is CC(=O)[C@H](COP(=O)(O[C@H](C)CO)OC(C)(C)C)NC(=O)OC(C)(C)C. The molecule has 0 aromatic carbocycles. The molecule has 0 saturated heterocycles. The van der Waals surface area contributed by atoms with Crippen LogP contribution in [0.4, 0.5) is 4.79 Å². The number of alkyl carbamates (subject to hydrolysis) is 1. The van der Waals surface area contributed by atoms with Crippen LogP contribution in [-0.2, 0) is 27.7 Å². The van der Waals surface area contributed by atoms with Crippen molar-refractivity contribution in [1.82, 2.24) is 5.32 Å². The molecule has 0 aliphatic rings. The summed E-state index contributed by atoms with van der Waals surface area (Å²) in [6.07, 6.45) is -1.62. The molecule has 154 valence electrons. The van der Waals surface area contributed by atoms with Crippen molar-refractivity contribution >= 4 is 19.7 Å². The predicted octanol–water partition coefficient (Wildman–Crippen LogP) is 2.81. The van der Waals surface area contributed by atoms with Crippen molar-refractivity contribution in [1.29, 1.82) is 0 Å². The smallest absolute Gasteiger partial charge is 0.444 e. The molecule has 9 nitrogen and oxygen atoms in total. The lowest BCUT2D eigenvalue weighted by Gasteiger charge is -2.29. The van der Waals surface area contributed by atoms with Crippen LogP contribution in [0.2, 0.25) is 0 Å². The van der Waals surface area contributed by atoms with Crippen molar-refractivity contribution in [3.05, 3.63) is 0 Å². The summed E-state index contributed by atoms with van der Waals surface area (Å²) < 4.78 is 33.7. The minimum absolute atomic E-state index is 0.396. The Morgan fingerprint density at radius 3 is 2.04 bits per heavy atom. The van der Waals surface area contributed by atoms with Crippen molar-refractivity contribution in [2.45, 2.75) is 78.7 Å². The molecule has 26 heavy (non-hydrogen) atoms. The van der Waals surface area contributed by atoms with Crippen molar-refractivity contribution in [3.63, 3.8) is 0 Å². The maximum absolute atomic E-state index is 12.8. The van der Waals surface area contributed by atoms with E-state index in [0.29, 0.717) is 0 Å². The summed E-state index contributed by atoms with van der Waals surface area (Å²) in [5.41, 5.74) is -1.61. The second-order valence-electron chi connectivity index (χ2n) is 7.85. The number of hydrogen-bond acceptors (Lipinski definition) is 8. The van der Waals surface area contributed by atoms with E-state index in [1.165, 1.54) is 13.8 Å². The van der Waals surface area contributed by atoms with Gasteiger partial charge in [0.25, 0.3) is 0 Å². The minimum Gasteiger partial charge on any atom is -0.444 e. The highest BCUT2D eigenvalue weighted by molar-refractivity contribution is 7.48. The standard InChI is InChI=1S/C16H32NO8P/c1-11(9-18)24-26(21,25-16(6,7)8)22-10-13(12(2)19)17-14(20)23-15(3,4)5/h11,13,18H,9-10H2,1-8H3,(H,17,20)/t11-,13+,26?/m1/s1. The Morgan fingerprint density at radius 2 is 1.65 bits per heavy atom. The van der Waals surface area contributed by atoms with Crippen LogP contribution in [0.25, 0.3) is 0 Å². The predicted molar refractivity (Wildman–Crippen MR) is 95.9 cm³/mol. The number of hydrogen-bond donors (Lipinski definition) is 2. The van der Waals surface area contributed by atoms with Gasteiger partial charge in [0.2, 0.25) is 0 Å². The van der Waals surface area contributed by atoms with Gasteiger partial charge in [0.1, 0.15) is 11.6 Å². The van der Waals surface area contributed by atoms with E-state index in [1.807, 2.05) is 0 Å². The Labute approximate surface area is 155 Å².